The summed E-state index contributed by atoms with van der Waals surface area (Å²) in [6.07, 6.45) is 1.50. The van der Waals surface area contributed by atoms with Gasteiger partial charge in [0.05, 0.1) is 20.3 Å². The minimum Gasteiger partial charge on any atom is -0.493 e. The molecular formula is C15H22BrNO3. The molecule has 0 radical (unpaired) electrons. The summed E-state index contributed by atoms with van der Waals surface area (Å²) in [7, 11) is 3.30. The fourth-order valence-electron chi connectivity index (χ4n) is 2.47. The van der Waals surface area contributed by atoms with Gasteiger partial charge in [0.25, 0.3) is 0 Å². The molecule has 1 aromatic rings. The maximum Gasteiger partial charge on any atom is 0.161 e. The van der Waals surface area contributed by atoms with Crippen LogP contribution in [0.4, 0.5) is 0 Å². The predicted octanol–water partition coefficient (Wildman–Crippen LogP) is 2.98. The van der Waals surface area contributed by atoms with Crippen molar-refractivity contribution in [1.82, 2.24) is 5.32 Å². The molecule has 0 spiro atoms. The first-order valence-electron chi connectivity index (χ1n) is 6.88. The second kappa shape index (κ2) is 7.29. The molecule has 1 heterocycles. The number of hydrogen-bond acceptors (Lipinski definition) is 4. The van der Waals surface area contributed by atoms with Crippen LogP contribution in [0.15, 0.2) is 16.6 Å². The highest BCUT2D eigenvalue weighted by Gasteiger charge is 2.23. The molecule has 2 unspecified atom stereocenters. The van der Waals surface area contributed by atoms with Crippen molar-refractivity contribution in [2.75, 3.05) is 27.4 Å². The first-order chi connectivity index (χ1) is 9.65. The van der Waals surface area contributed by atoms with Crippen molar-refractivity contribution in [2.24, 2.45) is 5.92 Å². The molecular weight excluding hydrogens is 322 g/mol. The van der Waals surface area contributed by atoms with Crippen molar-refractivity contribution in [2.45, 2.75) is 26.0 Å². The first-order valence-corrected chi connectivity index (χ1v) is 7.67. The van der Waals surface area contributed by atoms with Crippen LogP contribution in [0.25, 0.3) is 0 Å². The summed E-state index contributed by atoms with van der Waals surface area (Å²) in [6, 6.07) is 3.95. The number of benzene rings is 1. The zero-order chi connectivity index (χ0) is 14.5. The lowest BCUT2D eigenvalue weighted by Crippen LogP contribution is -2.26. The standard InChI is InChI=1S/C15H22BrNO3/c1-10-11(4-5-20-10)8-17-9-12-6-14(18-2)15(19-3)7-13(12)16/h6-7,10-11,17H,4-5,8-9H2,1-3H3. The van der Waals surface area contributed by atoms with Crippen molar-refractivity contribution in [3.8, 4) is 11.5 Å². The summed E-state index contributed by atoms with van der Waals surface area (Å²) < 4.78 is 17.2. The fraction of sp³-hybridized carbons (Fsp3) is 0.600. The van der Waals surface area contributed by atoms with E-state index in [2.05, 4.69) is 28.2 Å². The van der Waals surface area contributed by atoms with Crippen LogP contribution in [-0.2, 0) is 11.3 Å². The Bertz CT molecular complexity index is 453. The minimum absolute atomic E-state index is 0.358. The van der Waals surface area contributed by atoms with Crippen molar-refractivity contribution in [3.05, 3.63) is 22.2 Å². The van der Waals surface area contributed by atoms with E-state index in [1.807, 2.05) is 12.1 Å². The Morgan fingerprint density at radius 1 is 1.30 bits per heavy atom. The van der Waals surface area contributed by atoms with E-state index < -0.39 is 0 Å². The lowest BCUT2D eigenvalue weighted by Gasteiger charge is -2.16. The van der Waals surface area contributed by atoms with E-state index in [-0.39, 0.29) is 0 Å². The van der Waals surface area contributed by atoms with Crippen LogP contribution in [0.2, 0.25) is 0 Å². The summed E-state index contributed by atoms with van der Waals surface area (Å²) in [5.41, 5.74) is 1.16. The number of ether oxygens (including phenoxy) is 3. The molecule has 1 N–H and O–H groups in total. The Morgan fingerprint density at radius 2 is 2.00 bits per heavy atom. The average Bonchev–Trinajstić information content (AvgIpc) is 2.85. The number of hydrogen-bond donors (Lipinski definition) is 1. The van der Waals surface area contributed by atoms with Crippen LogP contribution in [0.3, 0.4) is 0 Å². The minimum atomic E-state index is 0.358. The van der Waals surface area contributed by atoms with E-state index in [0.717, 1.165) is 47.7 Å². The van der Waals surface area contributed by atoms with Gasteiger partial charge in [-0.3, -0.25) is 0 Å². The number of halogens is 1. The van der Waals surface area contributed by atoms with E-state index in [4.69, 9.17) is 14.2 Å². The Labute approximate surface area is 128 Å². The van der Waals surface area contributed by atoms with Crippen molar-refractivity contribution < 1.29 is 14.2 Å². The van der Waals surface area contributed by atoms with Gasteiger partial charge in [0, 0.05) is 24.2 Å². The zero-order valence-corrected chi connectivity index (χ0v) is 13.8. The third-order valence-electron chi connectivity index (χ3n) is 3.81. The van der Waals surface area contributed by atoms with E-state index in [1.165, 1.54) is 0 Å². The highest BCUT2D eigenvalue weighted by Crippen LogP contribution is 2.33. The molecule has 0 amide bonds. The fourth-order valence-corrected chi connectivity index (χ4v) is 2.93. The first kappa shape index (κ1) is 15.6. The van der Waals surface area contributed by atoms with E-state index in [9.17, 15) is 0 Å². The van der Waals surface area contributed by atoms with Gasteiger partial charge in [-0.25, -0.2) is 0 Å². The lowest BCUT2D eigenvalue weighted by atomic mass is 10.0. The molecule has 1 aromatic carbocycles. The van der Waals surface area contributed by atoms with Crippen LogP contribution in [-0.4, -0.2) is 33.5 Å². The summed E-state index contributed by atoms with van der Waals surface area (Å²) >= 11 is 3.58. The highest BCUT2D eigenvalue weighted by molar-refractivity contribution is 9.10. The normalized spacial score (nSPS) is 22.0. The molecule has 20 heavy (non-hydrogen) atoms. The molecule has 0 aromatic heterocycles. The summed E-state index contributed by atoms with van der Waals surface area (Å²) in [5, 5.41) is 3.50. The van der Waals surface area contributed by atoms with Gasteiger partial charge in [0.15, 0.2) is 11.5 Å². The molecule has 0 bridgehead atoms. The summed E-state index contributed by atoms with van der Waals surface area (Å²) in [4.78, 5) is 0. The van der Waals surface area contributed by atoms with Crippen LogP contribution in [0.5, 0.6) is 11.5 Å². The second-order valence-corrected chi connectivity index (χ2v) is 5.91. The molecule has 2 rings (SSSR count). The molecule has 1 aliphatic heterocycles. The van der Waals surface area contributed by atoms with Gasteiger partial charge < -0.3 is 19.5 Å². The molecule has 2 atom stereocenters. The van der Waals surface area contributed by atoms with E-state index in [0.29, 0.717) is 12.0 Å². The quantitative estimate of drug-likeness (QED) is 0.861. The van der Waals surface area contributed by atoms with Crippen LogP contribution >= 0.6 is 15.9 Å². The van der Waals surface area contributed by atoms with Gasteiger partial charge in [-0.15, -0.1) is 0 Å². The van der Waals surface area contributed by atoms with E-state index >= 15 is 0 Å². The Balaban J connectivity index is 1.95. The molecule has 4 nitrogen and oxygen atoms in total. The molecule has 1 aliphatic rings. The van der Waals surface area contributed by atoms with Gasteiger partial charge in [0.1, 0.15) is 0 Å². The largest absolute Gasteiger partial charge is 0.493 e. The third-order valence-corrected chi connectivity index (χ3v) is 4.55. The van der Waals surface area contributed by atoms with Gasteiger partial charge >= 0.3 is 0 Å². The third kappa shape index (κ3) is 3.65. The number of rotatable bonds is 6. The van der Waals surface area contributed by atoms with Crippen molar-refractivity contribution in [3.63, 3.8) is 0 Å². The Hall–Kier alpha value is -0.780. The van der Waals surface area contributed by atoms with Crippen LogP contribution in [0, 0.1) is 5.92 Å². The maximum absolute atomic E-state index is 5.57. The lowest BCUT2D eigenvalue weighted by molar-refractivity contribution is 0.105. The maximum atomic E-state index is 5.57. The number of methoxy groups -OCH3 is 2. The molecule has 0 saturated carbocycles. The Morgan fingerprint density at radius 3 is 2.60 bits per heavy atom. The van der Waals surface area contributed by atoms with Crippen LogP contribution < -0.4 is 14.8 Å². The molecule has 5 heteroatoms. The average molecular weight is 344 g/mol. The topological polar surface area (TPSA) is 39.7 Å². The molecule has 0 aliphatic carbocycles. The van der Waals surface area contributed by atoms with E-state index in [1.54, 1.807) is 14.2 Å². The molecule has 1 fully saturated rings. The molecule has 1 saturated heterocycles. The predicted molar refractivity (Wildman–Crippen MR) is 82.5 cm³/mol. The molecule has 112 valence electrons. The Kier molecular flexibility index (Phi) is 5.69. The van der Waals surface area contributed by atoms with Crippen molar-refractivity contribution >= 4 is 15.9 Å². The van der Waals surface area contributed by atoms with Crippen molar-refractivity contribution in [1.29, 1.82) is 0 Å². The zero-order valence-electron chi connectivity index (χ0n) is 12.2. The van der Waals surface area contributed by atoms with Gasteiger partial charge in [-0.1, -0.05) is 15.9 Å². The summed E-state index contributed by atoms with van der Waals surface area (Å²) in [6.45, 7) is 4.80. The summed E-state index contributed by atoms with van der Waals surface area (Å²) in [5.74, 6) is 2.10. The van der Waals surface area contributed by atoms with Crippen LogP contribution in [0.1, 0.15) is 18.9 Å². The SMILES string of the molecule is COc1cc(Br)c(CNCC2CCOC2C)cc1OC. The second-order valence-electron chi connectivity index (χ2n) is 5.05. The van der Waals surface area contributed by atoms with Gasteiger partial charge in [-0.05, 0) is 37.0 Å². The smallest absolute Gasteiger partial charge is 0.161 e. The number of nitrogens with one attached hydrogen (secondary N) is 1. The van der Waals surface area contributed by atoms with Gasteiger partial charge in [-0.2, -0.15) is 0 Å². The van der Waals surface area contributed by atoms with Gasteiger partial charge in [0.2, 0.25) is 0 Å². The highest BCUT2D eigenvalue weighted by atomic mass is 79.9. The monoisotopic (exact) mass is 343 g/mol.